The molecule has 0 N–H and O–H groups in total. The van der Waals surface area contributed by atoms with Crippen molar-refractivity contribution in [2.24, 2.45) is 0 Å². The van der Waals surface area contributed by atoms with Gasteiger partial charge in [0.2, 0.25) is 0 Å². The Hall–Kier alpha value is -3.01. The largest absolute Gasteiger partial charge is 0.289 e. The lowest BCUT2D eigenvalue weighted by Gasteiger charge is -1.87. The van der Waals surface area contributed by atoms with Crippen molar-refractivity contribution in [3.05, 3.63) is 11.1 Å². The molecule has 0 spiro atoms. The molecule has 0 rings (SSSR count). The number of rotatable bonds is 0. The second kappa shape index (κ2) is 8.58. The molecule has 3 heteroatoms. The first-order chi connectivity index (χ1) is 7.79. The molecule has 0 aromatic rings. The van der Waals surface area contributed by atoms with Crippen molar-refractivity contribution in [3.8, 4) is 47.9 Å². The van der Waals surface area contributed by atoms with E-state index < -0.39 is 0 Å². The highest BCUT2D eigenvalue weighted by Crippen LogP contribution is 1.99. The average Bonchev–Trinajstić information content (AvgIpc) is 2.32. The van der Waals surface area contributed by atoms with Crippen LogP contribution < -0.4 is 0 Å². The van der Waals surface area contributed by atoms with Crippen LogP contribution in [0.1, 0.15) is 0 Å². The van der Waals surface area contributed by atoms with Crippen molar-refractivity contribution in [2.75, 3.05) is 0 Å². The summed E-state index contributed by atoms with van der Waals surface area (Å²) in [7, 11) is 0. The van der Waals surface area contributed by atoms with Gasteiger partial charge in [-0.25, -0.2) is 0 Å². The lowest BCUT2D eigenvalue weighted by Crippen LogP contribution is -1.84. The Balaban J connectivity index is 5.66. The molecule has 0 bridgehead atoms. The third-order valence-electron chi connectivity index (χ3n) is 1.16. The van der Waals surface area contributed by atoms with Gasteiger partial charge in [0.1, 0.15) is 0 Å². The molecule has 0 aliphatic heterocycles. The van der Waals surface area contributed by atoms with E-state index in [-0.39, 0.29) is 11.1 Å². The summed E-state index contributed by atoms with van der Waals surface area (Å²) < 4.78 is 0. The van der Waals surface area contributed by atoms with Gasteiger partial charge in [0.15, 0.2) is 18.9 Å². The predicted octanol–water partition coefficient (Wildman–Crippen LogP) is -0.477. The standard InChI is InChI=1S/C13H4O3/c1-2-12(6-3-9-14)13(7-4-10-15)8-5-11-16/h1,9-11H. The molecule has 0 saturated heterocycles. The molecule has 0 radical (unpaired) electrons. The lowest BCUT2D eigenvalue weighted by molar-refractivity contribution is -0.104. The highest BCUT2D eigenvalue weighted by atomic mass is 16.1. The Morgan fingerprint density at radius 1 is 0.750 bits per heavy atom. The summed E-state index contributed by atoms with van der Waals surface area (Å²) in [5, 5.41) is 0. The van der Waals surface area contributed by atoms with Crippen LogP contribution in [0, 0.1) is 47.9 Å². The van der Waals surface area contributed by atoms with Gasteiger partial charge < -0.3 is 0 Å². The zero-order valence-electron chi connectivity index (χ0n) is 8.03. The first-order valence-corrected chi connectivity index (χ1v) is 3.86. The van der Waals surface area contributed by atoms with Crippen LogP contribution in [0.2, 0.25) is 0 Å². The molecule has 0 aromatic heterocycles. The van der Waals surface area contributed by atoms with E-state index in [0.717, 1.165) is 0 Å². The highest BCUT2D eigenvalue weighted by molar-refractivity contribution is 5.80. The fraction of sp³-hybridized carbons (Fsp3) is 0. The van der Waals surface area contributed by atoms with Crippen molar-refractivity contribution in [1.29, 1.82) is 0 Å². The number of carbonyl (C=O) groups excluding carboxylic acids is 3. The van der Waals surface area contributed by atoms with E-state index in [1.807, 2.05) is 0 Å². The quantitative estimate of drug-likeness (QED) is 0.399. The molecule has 16 heavy (non-hydrogen) atoms. The van der Waals surface area contributed by atoms with Crippen molar-refractivity contribution in [1.82, 2.24) is 0 Å². The first-order valence-electron chi connectivity index (χ1n) is 3.86. The van der Waals surface area contributed by atoms with E-state index in [2.05, 4.69) is 41.4 Å². The second-order valence-corrected chi connectivity index (χ2v) is 2.06. The number of hydrogen-bond donors (Lipinski definition) is 0. The number of terminal acetylenes is 1. The molecule has 0 aromatic carbocycles. The molecule has 3 nitrogen and oxygen atoms in total. The SMILES string of the molecule is C#CC(C#CC=O)=C(C#CC=O)C#CC=O. The van der Waals surface area contributed by atoms with Gasteiger partial charge in [0.25, 0.3) is 0 Å². The van der Waals surface area contributed by atoms with Gasteiger partial charge in [0, 0.05) is 0 Å². The minimum absolute atomic E-state index is 0.0517. The molecule has 74 valence electrons. The van der Waals surface area contributed by atoms with E-state index >= 15 is 0 Å². The van der Waals surface area contributed by atoms with Gasteiger partial charge in [-0.1, -0.05) is 5.92 Å². The van der Waals surface area contributed by atoms with Crippen molar-refractivity contribution >= 4 is 18.9 Å². The number of aldehydes is 3. The highest BCUT2D eigenvalue weighted by Gasteiger charge is 1.95. The van der Waals surface area contributed by atoms with Crippen LogP contribution in [-0.4, -0.2) is 18.9 Å². The molecule has 0 aliphatic carbocycles. The molecule has 0 atom stereocenters. The maximum Gasteiger partial charge on any atom is 0.193 e. The Labute approximate surface area is 92.9 Å². The maximum absolute atomic E-state index is 10.1. The van der Waals surface area contributed by atoms with Crippen molar-refractivity contribution < 1.29 is 14.4 Å². The summed E-state index contributed by atoms with van der Waals surface area (Å²) in [5.74, 6) is 15.4. The maximum atomic E-state index is 10.1. The third-order valence-corrected chi connectivity index (χ3v) is 1.16. The molecule has 0 saturated carbocycles. The summed E-state index contributed by atoms with van der Waals surface area (Å²) in [4.78, 5) is 30.1. The van der Waals surface area contributed by atoms with Crippen LogP contribution >= 0.6 is 0 Å². The topological polar surface area (TPSA) is 51.2 Å². The van der Waals surface area contributed by atoms with Gasteiger partial charge in [-0.15, -0.1) is 6.42 Å². The fourth-order valence-electron chi connectivity index (χ4n) is 0.632. The Morgan fingerprint density at radius 2 is 1.12 bits per heavy atom. The van der Waals surface area contributed by atoms with Gasteiger partial charge >= 0.3 is 0 Å². The fourth-order valence-corrected chi connectivity index (χ4v) is 0.632. The molecule has 0 unspecified atom stereocenters. The summed E-state index contributed by atoms with van der Waals surface area (Å²) in [6.45, 7) is 0. The molecule has 0 aliphatic rings. The normalized spacial score (nSPS) is 5.94. The molecule has 0 fully saturated rings. The smallest absolute Gasteiger partial charge is 0.193 e. The van der Waals surface area contributed by atoms with Crippen LogP contribution in [0.3, 0.4) is 0 Å². The van der Waals surface area contributed by atoms with E-state index in [0.29, 0.717) is 18.9 Å². The van der Waals surface area contributed by atoms with Gasteiger partial charge in [0.05, 0.1) is 11.1 Å². The number of allylic oxidation sites excluding steroid dienone is 2. The average molecular weight is 208 g/mol. The molecule has 0 amide bonds. The van der Waals surface area contributed by atoms with E-state index in [1.54, 1.807) is 0 Å². The van der Waals surface area contributed by atoms with Crippen molar-refractivity contribution in [2.45, 2.75) is 0 Å². The van der Waals surface area contributed by atoms with E-state index in [4.69, 9.17) is 6.42 Å². The zero-order valence-corrected chi connectivity index (χ0v) is 8.03. The number of carbonyl (C=O) groups is 3. The summed E-state index contributed by atoms with van der Waals surface area (Å²) in [5.41, 5.74) is 0.104. The van der Waals surface area contributed by atoms with Gasteiger partial charge in [-0.2, -0.15) is 0 Å². The Morgan fingerprint density at radius 3 is 1.44 bits per heavy atom. The van der Waals surface area contributed by atoms with Gasteiger partial charge in [-0.05, 0) is 35.5 Å². The van der Waals surface area contributed by atoms with E-state index in [1.165, 1.54) is 0 Å². The monoisotopic (exact) mass is 208 g/mol. The van der Waals surface area contributed by atoms with E-state index in [9.17, 15) is 14.4 Å². The molecular weight excluding hydrogens is 204 g/mol. The minimum atomic E-state index is 0.0517. The first kappa shape index (κ1) is 13.0. The summed E-state index contributed by atoms with van der Waals surface area (Å²) >= 11 is 0. The zero-order chi connectivity index (χ0) is 12.2. The Kier molecular flexibility index (Phi) is 6.97. The van der Waals surface area contributed by atoms with Crippen LogP contribution in [0.5, 0.6) is 0 Å². The lowest BCUT2D eigenvalue weighted by atomic mass is 10.1. The van der Waals surface area contributed by atoms with Crippen molar-refractivity contribution in [3.63, 3.8) is 0 Å². The number of hydrogen-bond acceptors (Lipinski definition) is 3. The van der Waals surface area contributed by atoms with Crippen LogP contribution in [-0.2, 0) is 14.4 Å². The van der Waals surface area contributed by atoms with Gasteiger partial charge in [-0.3, -0.25) is 14.4 Å². The van der Waals surface area contributed by atoms with Crippen LogP contribution in [0.4, 0.5) is 0 Å². The molecular formula is C13H4O3. The summed E-state index contributed by atoms with van der Waals surface area (Å²) in [6, 6.07) is 0. The summed E-state index contributed by atoms with van der Waals surface area (Å²) in [6.07, 6.45) is 6.18. The Bertz CT molecular complexity index is 524. The minimum Gasteiger partial charge on any atom is -0.289 e. The molecule has 0 heterocycles. The predicted molar refractivity (Wildman–Crippen MR) is 57.4 cm³/mol. The third kappa shape index (κ3) is 4.88. The van der Waals surface area contributed by atoms with Crippen LogP contribution in [0.25, 0.3) is 0 Å². The van der Waals surface area contributed by atoms with Crippen LogP contribution in [0.15, 0.2) is 11.1 Å². The second-order valence-electron chi connectivity index (χ2n) is 2.06.